The highest BCUT2D eigenvalue weighted by Gasteiger charge is 2.38. The third-order valence-electron chi connectivity index (χ3n) is 6.95. The Morgan fingerprint density at radius 3 is 2.08 bits per heavy atom. The standard InChI is InChI=1S/C28H32O2.3C2H6/c1-7-8-24(29)28-26(21-10-9-16(2)17(3)13-21)19(5)22-12-11-20-14-18(4)25(30-6)15-23(20)27(22)28;3*1-2/h9-10,13-15,22H,7-8,11-12H2,1-6H3;3*1-2H3. The average Bonchev–Trinajstić information content (AvgIpc) is 3.21. The van der Waals surface area contributed by atoms with Gasteiger partial charge < -0.3 is 4.74 Å². The third-order valence-corrected chi connectivity index (χ3v) is 6.95. The summed E-state index contributed by atoms with van der Waals surface area (Å²) in [5.74, 6) is 1.49. The van der Waals surface area contributed by atoms with Crippen molar-refractivity contribution in [3.63, 3.8) is 0 Å². The number of fused-ring (bicyclic) bond motifs is 3. The summed E-state index contributed by atoms with van der Waals surface area (Å²) < 4.78 is 5.65. The van der Waals surface area contributed by atoms with Gasteiger partial charge in [0.05, 0.1) is 7.11 Å². The van der Waals surface area contributed by atoms with Gasteiger partial charge in [-0.3, -0.25) is 4.79 Å². The lowest BCUT2D eigenvalue weighted by Gasteiger charge is -2.27. The number of aryl methyl sites for hydroxylation is 4. The molecule has 0 aromatic heterocycles. The van der Waals surface area contributed by atoms with E-state index < -0.39 is 0 Å². The van der Waals surface area contributed by atoms with E-state index in [4.69, 9.17) is 4.74 Å². The maximum Gasteiger partial charge on any atom is 0.163 e. The van der Waals surface area contributed by atoms with Crippen molar-refractivity contribution in [1.29, 1.82) is 0 Å². The van der Waals surface area contributed by atoms with Gasteiger partial charge in [0.1, 0.15) is 5.75 Å². The fourth-order valence-corrected chi connectivity index (χ4v) is 5.22. The molecule has 0 radical (unpaired) electrons. The van der Waals surface area contributed by atoms with Crippen LogP contribution in [0.5, 0.6) is 5.75 Å². The number of hydrogen-bond donors (Lipinski definition) is 0. The molecule has 1 atom stereocenters. The quantitative estimate of drug-likeness (QED) is 0.417. The molecule has 0 aliphatic heterocycles. The van der Waals surface area contributed by atoms with E-state index in [-0.39, 0.29) is 5.78 Å². The number of ketones is 1. The van der Waals surface area contributed by atoms with Gasteiger partial charge in [0.2, 0.25) is 0 Å². The summed E-state index contributed by atoms with van der Waals surface area (Å²) in [6.07, 6.45) is 3.56. The molecule has 2 aliphatic rings. The zero-order chi connectivity index (χ0) is 27.6. The van der Waals surface area contributed by atoms with Crippen LogP contribution < -0.4 is 4.74 Å². The van der Waals surface area contributed by atoms with Gasteiger partial charge in [-0.15, -0.1) is 0 Å². The largest absolute Gasteiger partial charge is 0.496 e. The van der Waals surface area contributed by atoms with Crippen LogP contribution in [0.25, 0.3) is 11.1 Å². The summed E-state index contributed by atoms with van der Waals surface area (Å²) in [4.78, 5) is 13.5. The first-order chi connectivity index (χ1) is 17.4. The topological polar surface area (TPSA) is 26.3 Å². The van der Waals surface area contributed by atoms with E-state index in [1.54, 1.807) is 7.11 Å². The molecule has 0 saturated heterocycles. The van der Waals surface area contributed by atoms with Crippen molar-refractivity contribution in [2.24, 2.45) is 5.92 Å². The molecule has 4 rings (SSSR count). The Hall–Kier alpha value is -2.61. The lowest BCUT2D eigenvalue weighted by atomic mass is 9.77. The number of carbonyl (C=O) groups is 1. The molecule has 0 N–H and O–H groups in total. The van der Waals surface area contributed by atoms with E-state index in [1.165, 1.54) is 44.5 Å². The zero-order valence-corrected chi connectivity index (χ0v) is 25.1. The minimum Gasteiger partial charge on any atom is -0.496 e. The van der Waals surface area contributed by atoms with Gasteiger partial charge in [-0.2, -0.15) is 0 Å². The molecule has 0 spiro atoms. The SMILES string of the molecule is CC.CC.CC.CCCC(=O)C1=C2c3cc(OC)c(C)cc3CCC2C(C)=C1c1ccc(C)c(C)c1. The summed E-state index contributed by atoms with van der Waals surface area (Å²) in [6.45, 7) is 22.7. The number of allylic oxidation sites excluding steroid dienone is 4. The molecule has 2 aromatic carbocycles. The normalized spacial score (nSPS) is 15.4. The Balaban J connectivity index is 0.00000101. The number of methoxy groups -OCH3 is 1. The molecule has 0 heterocycles. The van der Waals surface area contributed by atoms with E-state index in [0.29, 0.717) is 12.3 Å². The molecule has 2 aromatic rings. The van der Waals surface area contributed by atoms with Crippen LogP contribution in [0, 0.1) is 26.7 Å². The zero-order valence-electron chi connectivity index (χ0n) is 25.1. The number of carbonyl (C=O) groups excluding carboxylic acids is 1. The van der Waals surface area contributed by atoms with E-state index in [9.17, 15) is 4.79 Å². The minimum atomic E-state index is 0.273. The highest BCUT2D eigenvalue weighted by molar-refractivity contribution is 6.20. The fraction of sp³-hybridized carbons (Fsp3) is 0.500. The maximum atomic E-state index is 13.5. The van der Waals surface area contributed by atoms with Gasteiger partial charge in [0, 0.05) is 17.9 Å². The molecule has 2 nitrogen and oxygen atoms in total. The highest BCUT2D eigenvalue weighted by Crippen LogP contribution is 2.53. The molecular formula is C34H50O2. The van der Waals surface area contributed by atoms with Crippen LogP contribution in [-0.4, -0.2) is 12.9 Å². The van der Waals surface area contributed by atoms with Crippen molar-refractivity contribution in [2.45, 2.75) is 102 Å². The molecule has 36 heavy (non-hydrogen) atoms. The summed E-state index contributed by atoms with van der Waals surface area (Å²) in [5, 5.41) is 0. The van der Waals surface area contributed by atoms with E-state index in [0.717, 1.165) is 36.1 Å². The molecule has 2 heteroatoms. The van der Waals surface area contributed by atoms with Crippen molar-refractivity contribution in [3.05, 3.63) is 74.9 Å². The number of benzene rings is 2. The lowest BCUT2D eigenvalue weighted by Crippen LogP contribution is -2.14. The smallest absolute Gasteiger partial charge is 0.163 e. The van der Waals surface area contributed by atoms with Crippen LogP contribution in [-0.2, 0) is 11.2 Å². The van der Waals surface area contributed by atoms with Crippen molar-refractivity contribution in [2.75, 3.05) is 7.11 Å². The van der Waals surface area contributed by atoms with Crippen LogP contribution >= 0.6 is 0 Å². The molecule has 2 aliphatic carbocycles. The van der Waals surface area contributed by atoms with Crippen molar-refractivity contribution in [3.8, 4) is 5.75 Å². The highest BCUT2D eigenvalue weighted by atomic mass is 16.5. The monoisotopic (exact) mass is 490 g/mol. The molecule has 0 bridgehead atoms. The summed E-state index contributed by atoms with van der Waals surface area (Å²) in [6, 6.07) is 11.0. The van der Waals surface area contributed by atoms with E-state index in [2.05, 4.69) is 65.0 Å². The Morgan fingerprint density at radius 2 is 1.53 bits per heavy atom. The first-order valence-electron chi connectivity index (χ1n) is 14.1. The summed E-state index contributed by atoms with van der Waals surface area (Å²) >= 11 is 0. The number of Topliss-reactive ketones (excluding diaryl/α,β-unsaturated/α-hetero) is 1. The molecule has 0 amide bonds. The first kappa shape index (κ1) is 31.4. The van der Waals surface area contributed by atoms with E-state index >= 15 is 0 Å². The minimum absolute atomic E-state index is 0.273. The molecule has 0 saturated carbocycles. The van der Waals surface area contributed by atoms with Crippen molar-refractivity contribution in [1.82, 2.24) is 0 Å². The Kier molecular flexibility index (Phi) is 12.9. The second kappa shape index (κ2) is 14.8. The van der Waals surface area contributed by atoms with Gasteiger partial charge in [-0.05, 0) is 97.6 Å². The number of ether oxygens (including phenoxy) is 1. The Labute approximate surface area is 221 Å². The predicted octanol–water partition coefficient (Wildman–Crippen LogP) is 9.87. The number of rotatable bonds is 5. The lowest BCUT2D eigenvalue weighted by molar-refractivity contribution is -0.115. The van der Waals surface area contributed by atoms with Crippen molar-refractivity contribution < 1.29 is 9.53 Å². The van der Waals surface area contributed by atoms with Crippen LogP contribution in [0.3, 0.4) is 0 Å². The molecular weight excluding hydrogens is 440 g/mol. The third kappa shape index (κ3) is 6.20. The summed E-state index contributed by atoms with van der Waals surface area (Å²) in [7, 11) is 1.73. The van der Waals surface area contributed by atoms with Crippen LogP contribution in [0.15, 0.2) is 41.5 Å². The average molecular weight is 491 g/mol. The van der Waals surface area contributed by atoms with Gasteiger partial charge in [0.25, 0.3) is 0 Å². The fourth-order valence-electron chi connectivity index (χ4n) is 5.22. The molecule has 198 valence electrons. The second-order valence-corrected chi connectivity index (χ2v) is 8.89. The van der Waals surface area contributed by atoms with Crippen LogP contribution in [0.2, 0.25) is 0 Å². The number of hydrogen-bond acceptors (Lipinski definition) is 2. The van der Waals surface area contributed by atoms with Gasteiger partial charge in [-0.25, -0.2) is 0 Å². The Morgan fingerprint density at radius 1 is 0.889 bits per heavy atom. The Bertz CT molecular complexity index is 1100. The van der Waals surface area contributed by atoms with Gasteiger partial charge >= 0.3 is 0 Å². The first-order valence-corrected chi connectivity index (χ1v) is 14.1. The van der Waals surface area contributed by atoms with Gasteiger partial charge in [0.15, 0.2) is 5.78 Å². The summed E-state index contributed by atoms with van der Waals surface area (Å²) in [5.41, 5.74) is 12.2. The second-order valence-electron chi connectivity index (χ2n) is 8.89. The van der Waals surface area contributed by atoms with Crippen LogP contribution in [0.4, 0.5) is 0 Å². The van der Waals surface area contributed by atoms with E-state index in [1.807, 2.05) is 41.5 Å². The molecule has 0 fully saturated rings. The molecule has 1 unspecified atom stereocenters. The van der Waals surface area contributed by atoms with Crippen LogP contribution in [0.1, 0.15) is 108 Å². The maximum absolute atomic E-state index is 13.5. The van der Waals surface area contributed by atoms with Crippen molar-refractivity contribution >= 4 is 16.9 Å². The predicted molar refractivity (Wildman–Crippen MR) is 159 cm³/mol. The van der Waals surface area contributed by atoms with Gasteiger partial charge in [-0.1, -0.05) is 78.3 Å².